The van der Waals surface area contributed by atoms with Crippen molar-refractivity contribution in [3.8, 4) is 0 Å². The molecule has 40 valence electrons. The Morgan fingerprint density at radius 1 is 1.17 bits per heavy atom. The molecule has 2 N–H and O–H groups in total. The average Bonchev–Trinajstić information content (AvgIpc) is 0. The number of hydrogen-bond acceptors (Lipinski definition) is 0. The molecule has 0 aliphatic heterocycles. The maximum Gasteiger partial charge on any atom is 2.00 e. The first-order chi connectivity index (χ1) is 0. The first-order valence-electron chi connectivity index (χ1n) is 0. The molecule has 0 atom stereocenters. The first kappa shape index (κ1) is 39.5. The number of rotatable bonds is 0. The third kappa shape index (κ3) is 22.4. The molecule has 6 heteroatoms. The molecule has 0 saturated heterocycles. The maximum absolute atomic E-state index is 0. The normalized spacial score (nSPS) is 0. The zero-order valence-corrected chi connectivity index (χ0v) is 16.4. The van der Waals surface area contributed by atoms with Crippen LogP contribution in [-0.4, -0.2) is 54.4 Å². The van der Waals surface area contributed by atoms with E-state index in [9.17, 15) is 0 Å². The van der Waals surface area contributed by atoms with Crippen LogP contribution in [0.1, 0.15) is 2.85 Å². The van der Waals surface area contributed by atoms with Gasteiger partial charge in [0.15, 0.2) is 0 Å². The van der Waals surface area contributed by atoms with E-state index in [4.69, 9.17) is 0 Å². The fourth-order valence-electron chi connectivity index (χ4n) is 0. The van der Waals surface area contributed by atoms with E-state index in [0.29, 0.717) is 0 Å². The van der Waals surface area contributed by atoms with E-state index in [-0.39, 0.29) is 205 Å². The quantitative estimate of drug-likeness (QED) is 0.298. The Morgan fingerprint density at radius 3 is 1.17 bits per heavy atom. The van der Waals surface area contributed by atoms with Gasteiger partial charge in [-0.05, 0) is 0 Å². The van der Waals surface area contributed by atoms with Gasteiger partial charge in [-0.2, -0.15) is 0 Å². The summed E-state index contributed by atoms with van der Waals surface area (Å²) in [7, 11) is 0. The second-order valence-electron chi connectivity index (χ2n) is 0. The SMILES string of the molecule is O.[Ba+2].[Cu].[Eu].[H-].[H-].[Nd].[Sm]. The maximum atomic E-state index is 0. The summed E-state index contributed by atoms with van der Waals surface area (Å²) in [5.74, 6) is 0. The van der Waals surface area contributed by atoms with E-state index >= 15 is 0 Å². The van der Waals surface area contributed by atoms with Crippen LogP contribution in [0.3, 0.4) is 0 Å². The van der Waals surface area contributed by atoms with Crippen molar-refractivity contribution in [1.82, 2.24) is 0 Å². The van der Waals surface area contributed by atoms with Crippen molar-refractivity contribution < 1.29 is 156 Å². The molecule has 0 rings (SSSR count). The minimum atomic E-state index is 0. The van der Waals surface area contributed by atoms with Crippen LogP contribution in [0.2, 0.25) is 0 Å². The molecule has 0 bridgehead atoms. The first-order valence-corrected chi connectivity index (χ1v) is 0. The van der Waals surface area contributed by atoms with Crippen LogP contribution < -0.4 is 0 Å². The Labute approximate surface area is 198 Å². The van der Waals surface area contributed by atoms with E-state index in [2.05, 4.69) is 0 Å². The molecule has 0 aliphatic rings. The van der Waals surface area contributed by atoms with Crippen LogP contribution in [0.5, 0.6) is 0 Å². The molecule has 0 aromatic heterocycles. The molecule has 0 fully saturated rings. The topological polar surface area (TPSA) is 31.5 Å². The van der Waals surface area contributed by atoms with Crippen molar-refractivity contribution in [2.24, 2.45) is 0 Å². The third-order valence-electron chi connectivity index (χ3n) is 0. The number of hydrogen-bond donors (Lipinski definition) is 0. The zero-order chi connectivity index (χ0) is 0. The zero-order valence-electron chi connectivity index (χ0n) is 4.79. The van der Waals surface area contributed by atoms with Crippen LogP contribution in [0.25, 0.3) is 0 Å². The molecule has 0 amide bonds. The largest absolute Gasteiger partial charge is 2.00 e. The Bertz CT molecular complexity index is 22.0. The molecule has 0 unspecified atom stereocenters. The predicted molar refractivity (Wildman–Crippen MR) is 11.6 cm³/mol. The molecular formula is H4BaCuEuNdOSm. The van der Waals surface area contributed by atoms with Gasteiger partial charge in [0, 0.05) is 148 Å². The van der Waals surface area contributed by atoms with Gasteiger partial charge in [-0.3, -0.25) is 0 Å². The minimum Gasteiger partial charge on any atom is -1.00 e. The fourth-order valence-corrected chi connectivity index (χ4v) is 0. The van der Waals surface area contributed by atoms with Crippen molar-refractivity contribution in [1.29, 1.82) is 0 Å². The molecule has 0 aromatic rings. The predicted octanol–water partition coefficient (Wildman–Crippen LogP) is -0.983. The van der Waals surface area contributed by atoms with Gasteiger partial charge in [-0.1, -0.05) is 0 Å². The minimum absolute atomic E-state index is 0. The van der Waals surface area contributed by atoms with Crippen molar-refractivity contribution in [3.63, 3.8) is 0 Å². The fraction of sp³-hybridized carbons (Fsp3) is 0. The van der Waals surface area contributed by atoms with E-state index in [1.807, 2.05) is 0 Å². The third-order valence-corrected chi connectivity index (χ3v) is 0. The van der Waals surface area contributed by atoms with Crippen molar-refractivity contribution in [2.75, 3.05) is 0 Å². The summed E-state index contributed by atoms with van der Waals surface area (Å²) in [6, 6.07) is 0. The van der Waals surface area contributed by atoms with E-state index in [1.165, 1.54) is 0 Å². The Kier molecular flexibility index (Phi) is 199. The second-order valence-corrected chi connectivity index (χ2v) is 0. The van der Waals surface area contributed by atoms with E-state index in [0.717, 1.165) is 0 Å². The van der Waals surface area contributed by atoms with Crippen molar-refractivity contribution in [2.45, 2.75) is 0 Å². The van der Waals surface area contributed by atoms with Crippen molar-refractivity contribution in [3.05, 3.63) is 0 Å². The van der Waals surface area contributed by atoms with Crippen molar-refractivity contribution >= 4 is 48.9 Å². The summed E-state index contributed by atoms with van der Waals surface area (Å²) >= 11 is 0. The summed E-state index contributed by atoms with van der Waals surface area (Å²) in [6.45, 7) is 0. The summed E-state index contributed by atoms with van der Waals surface area (Å²) < 4.78 is 0. The second kappa shape index (κ2) is 30.2. The molecule has 0 saturated carbocycles. The summed E-state index contributed by atoms with van der Waals surface area (Å²) in [4.78, 5) is 0. The molecule has 6 heavy (non-hydrogen) atoms. The summed E-state index contributed by atoms with van der Waals surface area (Å²) in [6.07, 6.45) is 0. The average molecular weight is 667 g/mol. The van der Waals surface area contributed by atoms with Gasteiger partial charge in [0.1, 0.15) is 0 Å². The van der Waals surface area contributed by atoms with Gasteiger partial charge in [0.25, 0.3) is 0 Å². The van der Waals surface area contributed by atoms with Gasteiger partial charge in [-0.25, -0.2) is 0 Å². The summed E-state index contributed by atoms with van der Waals surface area (Å²) in [5, 5.41) is 0. The Hall–Kier alpha value is 6.32. The molecule has 0 heterocycles. The van der Waals surface area contributed by atoms with Gasteiger partial charge < -0.3 is 8.33 Å². The van der Waals surface area contributed by atoms with Gasteiger partial charge in [-0.15, -0.1) is 0 Å². The van der Waals surface area contributed by atoms with Crippen LogP contribution >= 0.6 is 0 Å². The van der Waals surface area contributed by atoms with Crippen LogP contribution in [0.4, 0.5) is 0 Å². The van der Waals surface area contributed by atoms with Crippen LogP contribution in [0, 0.1) is 131 Å². The van der Waals surface area contributed by atoms with Gasteiger partial charge in [0.2, 0.25) is 0 Å². The van der Waals surface area contributed by atoms with Crippen LogP contribution in [0.15, 0.2) is 0 Å². The molecule has 0 aliphatic carbocycles. The van der Waals surface area contributed by atoms with E-state index in [1.54, 1.807) is 0 Å². The smallest absolute Gasteiger partial charge is 1.00 e. The Balaban J connectivity index is 0. The molecule has 0 spiro atoms. The molecule has 0 aromatic carbocycles. The van der Waals surface area contributed by atoms with Gasteiger partial charge >= 0.3 is 48.9 Å². The summed E-state index contributed by atoms with van der Waals surface area (Å²) in [5.41, 5.74) is 0. The van der Waals surface area contributed by atoms with Gasteiger partial charge in [0.05, 0.1) is 0 Å². The van der Waals surface area contributed by atoms with Crippen LogP contribution in [-0.2, 0) is 17.1 Å². The monoisotopic (exact) mass is 668 g/mol. The Morgan fingerprint density at radius 2 is 1.17 bits per heavy atom. The molecular weight excluding hydrogens is 663 g/mol. The standard InChI is InChI=1S/Ba.Cu.Eu.Nd.H2O.Sm.2H/h;;;;1H2;;;/q+2;;;;;;2*-1. The molecule has 2 radical (unpaired) electrons. The van der Waals surface area contributed by atoms with E-state index < -0.39 is 0 Å². The molecule has 1 nitrogen and oxygen atoms in total.